The molecule has 6 nitrogen and oxygen atoms in total. The van der Waals surface area contributed by atoms with Gasteiger partial charge in [-0.3, -0.25) is 9.13 Å². The topological polar surface area (TPSA) is 61.4 Å². The molecule has 4 rings (SSSR count). The van der Waals surface area contributed by atoms with Gasteiger partial charge in [0.15, 0.2) is 10.3 Å². The first-order valence-electron chi connectivity index (χ1n) is 9.71. The number of benzene rings is 2. The minimum absolute atomic E-state index is 0.722. The van der Waals surface area contributed by atoms with Crippen LogP contribution in [-0.4, -0.2) is 42.0 Å². The molecule has 0 radical (unpaired) electrons. The van der Waals surface area contributed by atoms with Crippen LogP contribution in [0.1, 0.15) is 22.8 Å². The zero-order valence-corrected chi connectivity index (χ0v) is 19.2. The summed E-state index contributed by atoms with van der Waals surface area (Å²) in [6.45, 7) is 4.20. The molecule has 4 aromatic rings. The van der Waals surface area contributed by atoms with E-state index in [1.165, 1.54) is 11.1 Å². The van der Waals surface area contributed by atoms with Gasteiger partial charge >= 0.3 is 0 Å². The molecule has 0 atom stereocenters. The zero-order chi connectivity index (χ0) is 21.1. The number of hydrogen-bond donors (Lipinski definition) is 0. The fourth-order valence-electron chi connectivity index (χ4n) is 3.47. The highest BCUT2D eigenvalue weighted by molar-refractivity contribution is 7.98. The molecule has 0 saturated carbocycles. The average molecular weight is 437 g/mol. The molecule has 0 aliphatic heterocycles. The first-order valence-corrected chi connectivity index (χ1v) is 12.2. The van der Waals surface area contributed by atoms with Gasteiger partial charge in [0.1, 0.15) is 11.6 Å². The molecule has 0 N–H and O–H groups in total. The third-order valence-electron chi connectivity index (χ3n) is 4.86. The molecule has 0 saturated heterocycles. The SMILES string of the molecule is CSc1nnc(CCc2nnc(SC)n2-c2cccc(C)c2)n1-c1cccc(C)c1. The van der Waals surface area contributed by atoms with Gasteiger partial charge in [-0.1, -0.05) is 47.8 Å². The van der Waals surface area contributed by atoms with Crippen molar-refractivity contribution in [3.8, 4) is 11.4 Å². The number of aryl methyl sites for hydroxylation is 4. The lowest BCUT2D eigenvalue weighted by atomic mass is 10.2. The fourth-order valence-corrected chi connectivity index (χ4v) is 4.50. The van der Waals surface area contributed by atoms with E-state index in [1.54, 1.807) is 23.5 Å². The highest BCUT2D eigenvalue weighted by atomic mass is 32.2. The summed E-state index contributed by atoms with van der Waals surface area (Å²) in [6, 6.07) is 16.8. The summed E-state index contributed by atoms with van der Waals surface area (Å²) in [7, 11) is 0. The Bertz CT molecular complexity index is 1070. The van der Waals surface area contributed by atoms with Crippen molar-refractivity contribution in [2.45, 2.75) is 37.0 Å². The van der Waals surface area contributed by atoms with E-state index in [4.69, 9.17) is 0 Å². The summed E-state index contributed by atoms with van der Waals surface area (Å²) >= 11 is 3.20. The van der Waals surface area contributed by atoms with Crippen LogP contribution < -0.4 is 0 Å². The number of aromatic nitrogens is 6. The summed E-state index contributed by atoms with van der Waals surface area (Å²) < 4.78 is 4.28. The molecular weight excluding hydrogens is 412 g/mol. The Labute approximate surface area is 185 Å². The van der Waals surface area contributed by atoms with Crippen LogP contribution in [0.5, 0.6) is 0 Å². The van der Waals surface area contributed by atoms with Crippen LogP contribution in [0.4, 0.5) is 0 Å². The quantitative estimate of drug-likeness (QED) is 0.392. The second kappa shape index (κ2) is 9.06. The average Bonchev–Trinajstić information content (AvgIpc) is 3.35. The van der Waals surface area contributed by atoms with Gasteiger partial charge in [-0.2, -0.15) is 0 Å². The molecule has 0 spiro atoms. The van der Waals surface area contributed by atoms with Gasteiger partial charge < -0.3 is 0 Å². The van der Waals surface area contributed by atoms with E-state index in [-0.39, 0.29) is 0 Å². The molecule has 2 aromatic heterocycles. The Balaban J connectivity index is 1.67. The highest BCUT2D eigenvalue weighted by Crippen LogP contribution is 2.24. The van der Waals surface area contributed by atoms with E-state index < -0.39 is 0 Å². The van der Waals surface area contributed by atoms with E-state index in [1.807, 2.05) is 12.5 Å². The number of nitrogens with zero attached hydrogens (tertiary/aromatic N) is 6. The smallest absolute Gasteiger partial charge is 0.195 e. The molecule has 0 aliphatic carbocycles. The van der Waals surface area contributed by atoms with Crippen molar-refractivity contribution in [1.82, 2.24) is 29.5 Å². The normalized spacial score (nSPS) is 11.2. The lowest BCUT2D eigenvalue weighted by molar-refractivity contribution is 0.745. The molecule has 30 heavy (non-hydrogen) atoms. The second-order valence-corrected chi connectivity index (χ2v) is 8.60. The summed E-state index contributed by atoms with van der Waals surface area (Å²) in [6.07, 6.45) is 5.50. The summed E-state index contributed by atoms with van der Waals surface area (Å²) in [5.41, 5.74) is 4.60. The van der Waals surface area contributed by atoms with Crippen LogP contribution in [0.25, 0.3) is 11.4 Å². The zero-order valence-electron chi connectivity index (χ0n) is 17.5. The third kappa shape index (κ3) is 4.15. The van der Waals surface area contributed by atoms with E-state index >= 15 is 0 Å². The summed E-state index contributed by atoms with van der Waals surface area (Å²) in [5.74, 6) is 1.85. The number of rotatable bonds is 7. The second-order valence-electron chi connectivity index (χ2n) is 7.05. The predicted molar refractivity (Wildman–Crippen MR) is 123 cm³/mol. The van der Waals surface area contributed by atoms with Gasteiger partial charge in [-0.25, -0.2) is 0 Å². The van der Waals surface area contributed by atoms with Crippen LogP contribution in [0.3, 0.4) is 0 Å². The van der Waals surface area contributed by atoms with Crippen molar-refractivity contribution in [3.63, 3.8) is 0 Å². The minimum Gasteiger partial charge on any atom is -0.274 e. The number of hydrogen-bond acceptors (Lipinski definition) is 6. The molecule has 2 heterocycles. The standard InChI is InChI=1S/C22H24N6S2/c1-15-7-5-9-17(13-15)27-19(23-25-21(27)29-3)11-12-20-24-26-22(30-4)28(20)18-10-6-8-16(2)14-18/h5-10,13-14H,11-12H2,1-4H3. The van der Waals surface area contributed by atoms with Crippen molar-refractivity contribution >= 4 is 23.5 Å². The summed E-state index contributed by atoms with van der Waals surface area (Å²) in [5, 5.41) is 19.5. The predicted octanol–water partition coefficient (Wildman–Crippen LogP) is 4.69. The molecule has 8 heteroatoms. The minimum atomic E-state index is 0.722. The highest BCUT2D eigenvalue weighted by Gasteiger charge is 2.17. The van der Waals surface area contributed by atoms with Crippen molar-refractivity contribution in [1.29, 1.82) is 0 Å². The first-order chi connectivity index (χ1) is 14.6. The van der Waals surface area contributed by atoms with Crippen LogP contribution >= 0.6 is 23.5 Å². The maximum Gasteiger partial charge on any atom is 0.195 e. The maximum absolute atomic E-state index is 4.48. The van der Waals surface area contributed by atoms with Gasteiger partial charge in [0.25, 0.3) is 0 Å². The van der Waals surface area contributed by atoms with Gasteiger partial charge in [-0.05, 0) is 61.8 Å². The van der Waals surface area contributed by atoms with Crippen LogP contribution in [0, 0.1) is 13.8 Å². The Kier molecular flexibility index (Phi) is 6.24. The molecule has 154 valence electrons. The van der Waals surface area contributed by atoms with Gasteiger partial charge in [0.2, 0.25) is 0 Å². The van der Waals surface area contributed by atoms with Gasteiger partial charge in [-0.15, -0.1) is 20.4 Å². The van der Waals surface area contributed by atoms with Crippen LogP contribution in [0.15, 0.2) is 58.8 Å². The van der Waals surface area contributed by atoms with E-state index in [2.05, 4.69) is 91.9 Å². The monoisotopic (exact) mass is 436 g/mol. The number of thioether (sulfide) groups is 2. The Morgan fingerprint density at radius 3 is 1.47 bits per heavy atom. The molecule has 0 fully saturated rings. The Morgan fingerprint density at radius 2 is 1.10 bits per heavy atom. The Hall–Kier alpha value is -2.58. The lowest BCUT2D eigenvalue weighted by Crippen LogP contribution is -2.08. The van der Waals surface area contributed by atoms with E-state index in [0.29, 0.717) is 0 Å². The Morgan fingerprint density at radius 1 is 0.667 bits per heavy atom. The largest absolute Gasteiger partial charge is 0.274 e. The van der Waals surface area contributed by atoms with E-state index in [0.717, 1.165) is 46.2 Å². The molecule has 0 amide bonds. The van der Waals surface area contributed by atoms with Crippen molar-refractivity contribution in [2.75, 3.05) is 12.5 Å². The van der Waals surface area contributed by atoms with Gasteiger partial charge in [0, 0.05) is 24.2 Å². The molecular formula is C22H24N6S2. The molecule has 0 bridgehead atoms. The van der Waals surface area contributed by atoms with Crippen molar-refractivity contribution < 1.29 is 0 Å². The van der Waals surface area contributed by atoms with Gasteiger partial charge in [0.05, 0.1) is 0 Å². The van der Waals surface area contributed by atoms with Crippen LogP contribution in [0.2, 0.25) is 0 Å². The van der Waals surface area contributed by atoms with E-state index in [9.17, 15) is 0 Å². The maximum atomic E-state index is 4.48. The molecule has 0 unspecified atom stereocenters. The first kappa shape index (κ1) is 20.7. The molecule has 2 aromatic carbocycles. The van der Waals surface area contributed by atoms with Crippen LogP contribution in [-0.2, 0) is 12.8 Å². The molecule has 0 aliphatic rings. The summed E-state index contributed by atoms with van der Waals surface area (Å²) in [4.78, 5) is 0. The fraction of sp³-hybridized carbons (Fsp3) is 0.273. The lowest BCUT2D eigenvalue weighted by Gasteiger charge is -2.12. The third-order valence-corrected chi connectivity index (χ3v) is 6.12. The van der Waals surface area contributed by atoms with Crippen molar-refractivity contribution in [3.05, 3.63) is 71.3 Å². The van der Waals surface area contributed by atoms with Crippen molar-refractivity contribution in [2.24, 2.45) is 0 Å².